The van der Waals surface area contributed by atoms with Crippen LogP contribution in [0.3, 0.4) is 0 Å². The zero-order valence-electron chi connectivity index (χ0n) is 14.2. The van der Waals surface area contributed by atoms with Gasteiger partial charge in [0, 0.05) is 16.3 Å². The van der Waals surface area contributed by atoms with Crippen molar-refractivity contribution in [3.05, 3.63) is 76.5 Å². The number of benzene rings is 1. The van der Waals surface area contributed by atoms with Gasteiger partial charge in [0.1, 0.15) is 5.82 Å². The molecule has 0 aliphatic rings. The molecule has 0 atom stereocenters. The second-order valence-corrected chi connectivity index (χ2v) is 6.61. The molecular formula is C19H14ClFN4O2. The number of aromatic carboxylic acids is 1. The van der Waals surface area contributed by atoms with Crippen LogP contribution in [-0.4, -0.2) is 30.5 Å². The summed E-state index contributed by atoms with van der Waals surface area (Å²) in [5.74, 6) is -1.42. The van der Waals surface area contributed by atoms with Gasteiger partial charge in [0.15, 0.2) is 5.69 Å². The van der Waals surface area contributed by atoms with E-state index in [-0.39, 0.29) is 11.5 Å². The van der Waals surface area contributed by atoms with Crippen LogP contribution in [0.4, 0.5) is 4.39 Å². The predicted molar refractivity (Wildman–Crippen MR) is 98.6 cm³/mol. The molecule has 0 amide bonds. The molecule has 3 aromatic heterocycles. The van der Waals surface area contributed by atoms with Crippen LogP contribution >= 0.6 is 11.6 Å². The van der Waals surface area contributed by atoms with Gasteiger partial charge in [-0.1, -0.05) is 23.7 Å². The van der Waals surface area contributed by atoms with E-state index in [1.165, 1.54) is 18.2 Å². The Balaban J connectivity index is 1.80. The molecule has 8 heteroatoms. The van der Waals surface area contributed by atoms with E-state index in [0.717, 1.165) is 11.2 Å². The number of fused-ring (bicyclic) bond motifs is 1. The maximum atomic E-state index is 13.5. The van der Waals surface area contributed by atoms with Crippen molar-refractivity contribution in [1.82, 2.24) is 19.4 Å². The summed E-state index contributed by atoms with van der Waals surface area (Å²) in [6, 6.07) is 13.0. The molecule has 0 bridgehead atoms. The van der Waals surface area contributed by atoms with E-state index in [4.69, 9.17) is 16.7 Å². The predicted octanol–water partition coefficient (Wildman–Crippen LogP) is 4.05. The zero-order valence-corrected chi connectivity index (χ0v) is 15.0. The summed E-state index contributed by atoms with van der Waals surface area (Å²) < 4.78 is 16.8. The molecule has 4 aromatic rings. The standard InChI is InChI=1S/C19H14ClFN4O2/c1-11-5-18(19(26)27)22-24(11)10-16-8-13(20)7-15-9-17(23-25(15)16)12-3-2-4-14(21)6-12/h2-9H,10H2,1H3,(H,26,27). The Hall–Kier alpha value is -3.19. The number of carboxylic acid groups (broad SMARTS) is 1. The van der Waals surface area contributed by atoms with Crippen LogP contribution in [0.2, 0.25) is 5.02 Å². The molecular weight excluding hydrogens is 371 g/mol. The minimum absolute atomic E-state index is 0.0216. The zero-order chi connectivity index (χ0) is 19.1. The van der Waals surface area contributed by atoms with Gasteiger partial charge in [-0.3, -0.25) is 4.68 Å². The third kappa shape index (κ3) is 3.29. The van der Waals surface area contributed by atoms with Crippen LogP contribution in [0.15, 0.2) is 48.5 Å². The highest BCUT2D eigenvalue weighted by molar-refractivity contribution is 6.31. The molecule has 27 heavy (non-hydrogen) atoms. The molecule has 0 unspecified atom stereocenters. The Morgan fingerprint density at radius 1 is 1.19 bits per heavy atom. The van der Waals surface area contributed by atoms with Crippen molar-refractivity contribution < 1.29 is 14.3 Å². The first-order valence-electron chi connectivity index (χ1n) is 8.12. The maximum absolute atomic E-state index is 13.5. The number of hydrogen-bond donors (Lipinski definition) is 1. The lowest BCUT2D eigenvalue weighted by atomic mass is 10.1. The van der Waals surface area contributed by atoms with Gasteiger partial charge in [-0.15, -0.1) is 0 Å². The van der Waals surface area contributed by atoms with Crippen molar-refractivity contribution >= 4 is 23.1 Å². The molecule has 6 nitrogen and oxygen atoms in total. The van der Waals surface area contributed by atoms with E-state index in [9.17, 15) is 9.18 Å². The molecule has 4 rings (SSSR count). The lowest BCUT2D eigenvalue weighted by molar-refractivity contribution is 0.0689. The van der Waals surface area contributed by atoms with Crippen LogP contribution < -0.4 is 0 Å². The molecule has 0 saturated carbocycles. The van der Waals surface area contributed by atoms with Gasteiger partial charge in [-0.25, -0.2) is 13.7 Å². The van der Waals surface area contributed by atoms with Gasteiger partial charge in [0.05, 0.1) is 23.4 Å². The van der Waals surface area contributed by atoms with Crippen LogP contribution in [0.1, 0.15) is 21.9 Å². The third-order valence-electron chi connectivity index (χ3n) is 4.23. The molecule has 0 aliphatic heterocycles. The second kappa shape index (κ2) is 6.51. The number of halogens is 2. The number of aryl methyl sites for hydroxylation is 1. The Bertz CT molecular complexity index is 1180. The summed E-state index contributed by atoms with van der Waals surface area (Å²) in [5, 5.41) is 18.3. The Morgan fingerprint density at radius 3 is 2.70 bits per heavy atom. The minimum Gasteiger partial charge on any atom is -0.476 e. The van der Waals surface area contributed by atoms with Crippen molar-refractivity contribution in [1.29, 1.82) is 0 Å². The van der Waals surface area contributed by atoms with E-state index in [1.54, 1.807) is 40.4 Å². The second-order valence-electron chi connectivity index (χ2n) is 6.18. The van der Waals surface area contributed by atoms with Crippen molar-refractivity contribution in [3.8, 4) is 11.3 Å². The number of aromatic nitrogens is 4. The molecule has 136 valence electrons. The first kappa shape index (κ1) is 17.2. The quantitative estimate of drug-likeness (QED) is 0.576. The number of carboxylic acids is 1. The lowest BCUT2D eigenvalue weighted by Crippen LogP contribution is -2.10. The van der Waals surface area contributed by atoms with E-state index in [2.05, 4.69) is 10.2 Å². The summed E-state index contributed by atoms with van der Waals surface area (Å²) in [6.45, 7) is 2.07. The number of rotatable bonds is 4. The topological polar surface area (TPSA) is 72.4 Å². The van der Waals surface area contributed by atoms with Gasteiger partial charge < -0.3 is 5.11 Å². The highest BCUT2D eigenvalue weighted by Crippen LogP contribution is 2.24. The number of nitrogens with zero attached hydrogens (tertiary/aromatic N) is 4. The Kier molecular flexibility index (Phi) is 4.16. The van der Waals surface area contributed by atoms with Crippen LogP contribution in [-0.2, 0) is 6.54 Å². The first-order valence-corrected chi connectivity index (χ1v) is 8.50. The highest BCUT2D eigenvalue weighted by Gasteiger charge is 2.14. The molecule has 0 fully saturated rings. The van der Waals surface area contributed by atoms with E-state index >= 15 is 0 Å². The smallest absolute Gasteiger partial charge is 0.356 e. The fourth-order valence-electron chi connectivity index (χ4n) is 2.96. The van der Waals surface area contributed by atoms with Crippen molar-refractivity contribution in [2.75, 3.05) is 0 Å². The Labute approximate surface area is 158 Å². The van der Waals surface area contributed by atoms with Gasteiger partial charge in [0.2, 0.25) is 0 Å². The van der Waals surface area contributed by atoms with E-state index in [1.807, 2.05) is 6.07 Å². The summed E-state index contributed by atoms with van der Waals surface area (Å²) in [4.78, 5) is 11.1. The normalized spacial score (nSPS) is 11.2. The van der Waals surface area contributed by atoms with Gasteiger partial charge in [0.25, 0.3) is 0 Å². The average Bonchev–Trinajstić information content (AvgIpc) is 3.19. The lowest BCUT2D eigenvalue weighted by Gasteiger charge is -2.08. The average molecular weight is 385 g/mol. The SMILES string of the molecule is Cc1cc(C(=O)O)nn1Cc1cc(Cl)cc2cc(-c3cccc(F)c3)nn12. The van der Waals surface area contributed by atoms with Crippen molar-refractivity contribution in [2.45, 2.75) is 13.5 Å². The van der Waals surface area contributed by atoms with Gasteiger partial charge >= 0.3 is 5.97 Å². The molecule has 0 saturated heterocycles. The minimum atomic E-state index is -1.08. The van der Waals surface area contributed by atoms with Gasteiger partial charge in [-0.05, 0) is 43.3 Å². The summed E-state index contributed by atoms with van der Waals surface area (Å²) in [6.07, 6.45) is 0. The summed E-state index contributed by atoms with van der Waals surface area (Å²) in [5.41, 5.74) is 3.43. The van der Waals surface area contributed by atoms with E-state index < -0.39 is 5.97 Å². The molecule has 1 N–H and O–H groups in total. The molecule has 1 aromatic carbocycles. The first-order chi connectivity index (χ1) is 12.9. The van der Waals surface area contributed by atoms with Gasteiger partial charge in [-0.2, -0.15) is 10.2 Å². The number of hydrogen-bond acceptors (Lipinski definition) is 3. The van der Waals surface area contributed by atoms with Crippen molar-refractivity contribution in [2.24, 2.45) is 0 Å². The molecule has 0 spiro atoms. The summed E-state index contributed by atoms with van der Waals surface area (Å²) >= 11 is 6.24. The van der Waals surface area contributed by atoms with Crippen LogP contribution in [0.5, 0.6) is 0 Å². The third-order valence-corrected chi connectivity index (χ3v) is 4.45. The molecule has 0 radical (unpaired) electrons. The molecule has 0 aliphatic carbocycles. The largest absolute Gasteiger partial charge is 0.476 e. The fraction of sp³-hybridized carbons (Fsp3) is 0.105. The molecule has 3 heterocycles. The Morgan fingerprint density at radius 2 is 2.00 bits per heavy atom. The monoisotopic (exact) mass is 384 g/mol. The van der Waals surface area contributed by atoms with E-state index in [0.29, 0.717) is 28.5 Å². The maximum Gasteiger partial charge on any atom is 0.356 e. The number of carbonyl (C=O) groups is 1. The highest BCUT2D eigenvalue weighted by atomic mass is 35.5. The summed E-state index contributed by atoms with van der Waals surface area (Å²) in [7, 11) is 0. The van der Waals surface area contributed by atoms with Crippen molar-refractivity contribution in [3.63, 3.8) is 0 Å². The van der Waals surface area contributed by atoms with Crippen LogP contribution in [0, 0.1) is 12.7 Å². The number of pyridine rings is 1. The fourth-order valence-corrected chi connectivity index (χ4v) is 3.20. The van der Waals surface area contributed by atoms with Crippen LogP contribution in [0.25, 0.3) is 16.8 Å².